The lowest BCUT2D eigenvalue weighted by molar-refractivity contribution is -0.122. The number of nitrogens with two attached hydrogens (primary N) is 1. The van der Waals surface area contributed by atoms with Gasteiger partial charge in [0.15, 0.2) is 0 Å². The van der Waals surface area contributed by atoms with Crippen LogP contribution in [0, 0.1) is 5.92 Å². The van der Waals surface area contributed by atoms with Crippen LogP contribution in [-0.2, 0) is 11.3 Å². The van der Waals surface area contributed by atoms with Crippen molar-refractivity contribution in [2.24, 2.45) is 5.92 Å². The normalized spacial score (nSPS) is 13.0. The Hall–Kier alpha value is -1.70. The highest BCUT2D eigenvalue weighted by molar-refractivity contribution is 5.75. The molecule has 1 atom stereocenters. The van der Waals surface area contributed by atoms with Gasteiger partial charge in [-0.2, -0.15) is 0 Å². The second-order valence-electron chi connectivity index (χ2n) is 4.77. The monoisotopic (exact) mass is 255 g/mol. The Morgan fingerprint density at radius 3 is 2.61 bits per heavy atom. The molecule has 0 aliphatic rings. The molecule has 8 nitrogen and oxygen atoms in total. The molecule has 0 saturated heterocycles. The van der Waals surface area contributed by atoms with Crippen molar-refractivity contribution >= 4 is 11.9 Å². The van der Waals surface area contributed by atoms with E-state index in [1.54, 1.807) is 0 Å². The molecule has 3 N–H and O–H groups in total. The summed E-state index contributed by atoms with van der Waals surface area (Å²) in [6.07, 6.45) is 0. The smallest absolute Gasteiger partial charge is 0.242 e. The summed E-state index contributed by atoms with van der Waals surface area (Å²) in [7, 11) is 3.99. The van der Waals surface area contributed by atoms with E-state index in [0.29, 0.717) is 18.5 Å². The van der Waals surface area contributed by atoms with E-state index in [0.717, 1.165) is 0 Å². The Kier molecular flexibility index (Phi) is 5.02. The van der Waals surface area contributed by atoms with Crippen LogP contribution in [0.15, 0.2) is 0 Å². The lowest BCUT2D eigenvalue weighted by Crippen LogP contribution is -2.44. The van der Waals surface area contributed by atoms with Crippen molar-refractivity contribution in [2.75, 3.05) is 26.4 Å². The van der Waals surface area contributed by atoms with Gasteiger partial charge in [-0.25, -0.2) is 4.68 Å². The van der Waals surface area contributed by atoms with Gasteiger partial charge in [-0.1, -0.05) is 18.9 Å². The summed E-state index contributed by atoms with van der Waals surface area (Å²) in [5, 5.41) is 13.4. The first-order valence-corrected chi connectivity index (χ1v) is 5.86. The maximum Gasteiger partial charge on any atom is 0.242 e. The highest BCUT2D eigenvalue weighted by atomic mass is 16.2. The van der Waals surface area contributed by atoms with Gasteiger partial charge in [0, 0.05) is 12.6 Å². The van der Waals surface area contributed by atoms with Crippen molar-refractivity contribution in [3.05, 3.63) is 0 Å². The van der Waals surface area contributed by atoms with Crippen molar-refractivity contribution in [2.45, 2.75) is 26.4 Å². The lowest BCUT2D eigenvalue weighted by atomic mass is 10.0. The Labute approximate surface area is 107 Å². The standard InChI is InChI=1S/C10H21N7O/c1-7(2)8(16(3)4)5-12-9(18)6-17-10(11)13-14-15-17/h7-8H,5-6H2,1-4H3,(H,12,18)(H2,11,13,15). The van der Waals surface area contributed by atoms with Gasteiger partial charge in [0.05, 0.1) is 0 Å². The predicted molar refractivity (Wildman–Crippen MR) is 67.6 cm³/mol. The van der Waals surface area contributed by atoms with Crippen molar-refractivity contribution in [3.8, 4) is 0 Å². The van der Waals surface area contributed by atoms with Gasteiger partial charge >= 0.3 is 0 Å². The Balaban J connectivity index is 2.43. The molecular formula is C10H21N7O. The molecule has 1 amide bonds. The summed E-state index contributed by atoms with van der Waals surface area (Å²) in [4.78, 5) is 13.8. The van der Waals surface area contributed by atoms with Crippen LogP contribution in [0.25, 0.3) is 0 Å². The zero-order chi connectivity index (χ0) is 13.7. The van der Waals surface area contributed by atoms with Crippen LogP contribution in [0.1, 0.15) is 13.8 Å². The average Bonchev–Trinajstić information content (AvgIpc) is 2.63. The molecule has 0 bridgehead atoms. The summed E-state index contributed by atoms with van der Waals surface area (Å²) in [6.45, 7) is 4.87. The third-order valence-electron chi connectivity index (χ3n) is 2.79. The van der Waals surface area contributed by atoms with Gasteiger partial charge in [-0.05, 0) is 30.4 Å². The molecule has 0 spiro atoms. The quantitative estimate of drug-likeness (QED) is 0.673. The van der Waals surface area contributed by atoms with E-state index >= 15 is 0 Å². The molecule has 0 radical (unpaired) electrons. The van der Waals surface area contributed by atoms with Gasteiger partial charge in [-0.15, -0.1) is 0 Å². The van der Waals surface area contributed by atoms with Crippen molar-refractivity contribution in [1.82, 2.24) is 30.4 Å². The van der Waals surface area contributed by atoms with Crippen molar-refractivity contribution in [3.63, 3.8) is 0 Å². The average molecular weight is 255 g/mol. The number of anilines is 1. The second kappa shape index (κ2) is 6.29. The van der Waals surface area contributed by atoms with Gasteiger partial charge in [-0.3, -0.25) is 4.79 Å². The Bertz CT molecular complexity index is 379. The number of hydrogen-bond acceptors (Lipinski definition) is 6. The van der Waals surface area contributed by atoms with Crippen LogP contribution in [0.3, 0.4) is 0 Å². The van der Waals surface area contributed by atoms with Crippen LogP contribution >= 0.6 is 0 Å². The number of rotatable bonds is 6. The van der Waals surface area contributed by atoms with Crippen molar-refractivity contribution in [1.29, 1.82) is 0 Å². The van der Waals surface area contributed by atoms with Gasteiger partial charge < -0.3 is 16.0 Å². The summed E-state index contributed by atoms with van der Waals surface area (Å²) in [5.74, 6) is 0.443. The molecule has 1 aromatic heterocycles. The highest BCUT2D eigenvalue weighted by Gasteiger charge is 2.17. The summed E-state index contributed by atoms with van der Waals surface area (Å²) in [6, 6.07) is 0.292. The van der Waals surface area contributed by atoms with E-state index in [1.165, 1.54) is 4.68 Å². The number of amides is 1. The zero-order valence-electron chi connectivity index (χ0n) is 11.3. The number of likely N-dealkylation sites (N-methyl/N-ethyl adjacent to an activating group) is 1. The molecule has 1 rings (SSSR count). The van der Waals surface area contributed by atoms with E-state index in [4.69, 9.17) is 5.73 Å². The predicted octanol–water partition coefficient (Wildman–Crippen LogP) is -1.04. The van der Waals surface area contributed by atoms with E-state index in [9.17, 15) is 4.79 Å². The maximum absolute atomic E-state index is 11.7. The van der Waals surface area contributed by atoms with E-state index in [2.05, 4.69) is 39.6 Å². The van der Waals surface area contributed by atoms with Gasteiger partial charge in [0.25, 0.3) is 0 Å². The first kappa shape index (κ1) is 14.4. The van der Waals surface area contributed by atoms with E-state index < -0.39 is 0 Å². The Morgan fingerprint density at radius 1 is 1.50 bits per heavy atom. The van der Waals surface area contributed by atoms with Gasteiger partial charge in [0.1, 0.15) is 6.54 Å². The molecule has 1 unspecified atom stereocenters. The molecule has 0 fully saturated rings. The third kappa shape index (κ3) is 3.95. The van der Waals surface area contributed by atoms with Crippen LogP contribution in [0.2, 0.25) is 0 Å². The van der Waals surface area contributed by atoms with E-state index in [-0.39, 0.29) is 18.4 Å². The highest BCUT2D eigenvalue weighted by Crippen LogP contribution is 2.05. The molecule has 8 heteroatoms. The molecule has 1 aromatic rings. The number of aromatic nitrogens is 4. The first-order valence-electron chi connectivity index (χ1n) is 5.86. The summed E-state index contributed by atoms with van der Waals surface area (Å²) >= 11 is 0. The lowest BCUT2D eigenvalue weighted by Gasteiger charge is -2.28. The molecule has 0 aliphatic heterocycles. The van der Waals surface area contributed by atoms with E-state index in [1.807, 2.05) is 14.1 Å². The van der Waals surface area contributed by atoms with Crippen LogP contribution in [0.5, 0.6) is 0 Å². The zero-order valence-corrected chi connectivity index (χ0v) is 11.3. The molecule has 0 aromatic carbocycles. The molecular weight excluding hydrogens is 234 g/mol. The maximum atomic E-state index is 11.7. The van der Waals surface area contributed by atoms with Crippen LogP contribution < -0.4 is 11.1 Å². The SMILES string of the molecule is CC(C)C(CNC(=O)Cn1nnnc1N)N(C)C. The molecule has 1 heterocycles. The largest absolute Gasteiger partial charge is 0.367 e. The second-order valence-corrected chi connectivity index (χ2v) is 4.77. The topological polar surface area (TPSA) is 102 Å². The molecule has 18 heavy (non-hydrogen) atoms. The third-order valence-corrected chi connectivity index (χ3v) is 2.79. The summed E-state index contributed by atoms with van der Waals surface area (Å²) < 4.78 is 1.26. The number of nitrogens with zero attached hydrogens (tertiary/aromatic N) is 5. The molecule has 0 saturated carbocycles. The minimum absolute atomic E-state index is 0.0388. The number of carbonyl (C=O) groups is 1. The fraction of sp³-hybridized carbons (Fsp3) is 0.800. The number of tetrazole rings is 1. The first-order chi connectivity index (χ1) is 8.41. The van der Waals surface area contributed by atoms with Crippen LogP contribution in [0.4, 0.5) is 5.95 Å². The number of nitrogens with one attached hydrogen (secondary N) is 1. The minimum Gasteiger partial charge on any atom is -0.367 e. The fourth-order valence-electron chi connectivity index (χ4n) is 1.75. The Morgan fingerprint density at radius 2 is 2.17 bits per heavy atom. The molecule has 102 valence electrons. The van der Waals surface area contributed by atoms with Crippen LogP contribution in [-0.4, -0.2) is 57.7 Å². The number of carbonyl (C=O) groups excluding carboxylic acids is 1. The summed E-state index contributed by atoms with van der Waals surface area (Å²) in [5.41, 5.74) is 5.48. The van der Waals surface area contributed by atoms with Crippen molar-refractivity contribution < 1.29 is 4.79 Å². The molecule has 0 aliphatic carbocycles. The fourth-order valence-corrected chi connectivity index (χ4v) is 1.75. The van der Waals surface area contributed by atoms with Gasteiger partial charge in [0.2, 0.25) is 11.9 Å². The minimum atomic E-state index is -0.151. The number of nitrogen functional groups attached to an aromatic ring is 1. The number of hydrogen-bond donors (Lipinski definition) is 2.